The normalized spacial score (nSPS) is 14.8. The molecule has 0 aliphatic rings. The van der Waals surface area contributed by atoms with Gasteiger partial charge >= 0.3 is 41.7 Å². The molecule has 0 saturated heterocycles. The lowest BCUT2D eigenvalue weighted by atomic mass is 9.91. The van der Waals surface area contributed by atoms with E-state index in [1.165, 1.54) is 25.7 Å². The lowest BCUT2D eigenvalue weighted by Crippen LogP contribution is -2.73. The lowest BCUT2D eigenvalue weighted by Gasteiger charge is -2.40. The van der Waals surface area contributed by atoms with Crippen molar-refractivity contribution in [1.29, 1.82) is 0 Å². The van der Waals surface area contributed by atoms with E-state index in [0.29, 0.717) is 0 Å². The maximum Gasteiger partial charge on any atom is 0.460 e. The van der Waals surface area contributed by atoms with Crippen LogP contribution >= 0.6 is 11.6 Å². The summed E-state index contributed by atoms with van der Waals surface area (Å²) in [6, 6.07) is 0. The van der Waals surface area contributed by atoms with Crippen LogP contribution in [0.2, 0.25) is 0 Å². The maximum atomic E-state index is 12.9. The van der Waals surface area contributed by atoms with Gasteiger partial charge in [0, 0.05) is 0 Å². The number of rotatable bonds is 9. The van der Waals surface area contributed by atoms with Crippen molar-refractivity contribution in [3.8, 4) is 0 Å². The zero-order valence-electron chi connectivity index (χ0n) is 15.3. The van der Waals surface area contributed by atoms with E-state index in [4.69, 9.17) is 0 Å². The first-order chi connectivity index (χ1) is 13.4. The monoisotopic (exact) mass is 518 g/mol. The Bertz CT molecular complexity index is 593. The first-order valence-corrected chi connectivity index (χ1v) is 8.27. The van der Waals surface area contributed by atoms with E-state index in [1.54, 1.807) is 0 Å². The SMILES string of the molecule is CCCCCC.O=C(Cl)C(F)(F)C(F)(F)C(F)(F)C(F)(F)C(F)(F)C(F)(F)C(F)(F)F. The van der Waals surface area contributed by atoms with E-state index >= 15 is 0 Å². The highest BCUT2D eigenvalue weighted by Gasteiger charge is 2.93. The second kappa shape index (κ2) is 9.81. The molecule has 0 fully saturated rings. The van der Waals surface area contributed by atoms with Crippen LogP contribution in [-0.4, -0.2) is 47.0 Å². The molecule has 0 aliphatic heterocycles. The minimum absolute atomic E-state index is 1.36. The van der Waals surface area contributed by atoms with Crippen molar-refractivity contribution >= 4 is 16.8 Å². The van der Waals surface area contributed by atoms with E-state index in [0.717, 1.165) is 0 Å². The molecule has 31 heavy (non-hydrogen) atoms. The number of hydrogen-bond acceptors (Lipinski definition) is 1. The van der Waals surface area contributed by atoms with Gasteiger partial charge in [-0.2, -0.15) is 65.9 Å². The van der Waals surface area contributed by atoms with Crippen molar-refractivity contribution in [2.45, 2.75) is 81.2 Å². The average Bonchev–Trinajstić information content (AvgIpc) is 2.58. The summed E-state index contributed by atoms with van der Waals surface area (Å²) < 4.78 is 187. The first kappa shape index (κ1) is 32.1. The van der Waals surface area contributed by atoms with E-state index in [9.17, 15) is 70.7 Å². The zero-order valence-corrected chi connectivity index (χ0v) is 16.0. The molecule has 0 atom stereocenters. The predicted molar refractivity (Wildman–Crippen MR) is 76.4 cm³/mol. The molecule has 0 radical (unpaired) electrons. The fourth-order valence-electron chi connectivity index (χ4n) is 1.59. The second-order valence-corrected chi connectivity index (χ2v) is 6.27. The Morgan fingerprint density at radius 1 is 0.548 bits per heavy atom. The molecule has 17 heteroatoms. The number of halogens is 16. The number of carbonyl (C=O) groups is 1. The molecule has 0 heterocycles. The van der Waals surface area contributed by atoms with E-state index < -0.39 is 47.0 Å². The molecule has 188 valence electrons. The molecule has 0 aromatic rings. The van der Waals surface area contributed by atoms with Crippen LogP contribution in [0.5, 0.6) is 0 Å². The quantitative estimate of drug-likeness (QED) is 0.174. The molecule has 0 saturated carbocycles. The average molecular weight is 519 g/mol. The summed E-state index contributed by atoms with van der Waals surface area (Å²) in [6.45, 7) is 4.46. The van der Waals surface area contributed by atoms with Crippen LogP contribution < -0.4 is 0 Å². The van der Waals surface area contributed by atoms with Crippen LogP contribution in [0.1, 0.15) is 39.5 Å². The molecule has 0 amide bonds. The Morgan fingerprint density at radius 3 is 1.03 bits per heavy atom. The molecule has 0 aliphatic carbocycles. The summed E-state index contributed by atoms with van der Waals surface area (Å²) in [5.41, 5.74) is 0. The number of alkyl halides is 15. The first-order valence-electron chi connectivity index (χ1n) is 7.89. The highest BCUT2D eigenvalue weighted by Crippen LogP contribution is 2.62. The Morgan fingerprint density at radius 2 is 0.806 bits per heavy atom. The third-order valence-corrected chi connectivity index (χ3v) is 3.77. The summed E-state index contributed by atoms with van der Waals surface area (Å²) in [5.74, 6) is -48.0. The molecule has 0 unspecified atom stereocenters. The van der Waals surface area contributed by atoms with Crippen molar-refractivity contribution in [3.63, 3.8) is 0 Å². The zero-order chi connectivity index (χ0) is 25.9. The fraction of sp³-hybridized carbons (Fsp3) is 0.929. The van der Waals surface area contributed by atoms with Crippen LogP contribution in [0.4, 0.5) is 65.9 Å². The highest BCUT2D eigenvalue weighted by molar-refractivity contribution is 6.65. The van der Waals surface area contributed by atoms with E-state index in [2.05, 4.69) is 25.4 Å². The summed E-state index contributed by atoms with van der Waals surface area (Å²) >= 11 is 3.72. The van der Waals surface area contributed by atoms with Gasteiger partial charge in [-0.15, -0.1) is 0 Å². The Balaban J connectivity index is 0. The van der Waals surface area contributed by atoms with Gasteiger partial charge in [0.2, 0.25) is 0 Å². The molecule has 0 bridgehead atoms. The van der Waals surface area contributed by atoms with Crippen molar-refractivity contribution in [3.05, 3.63) is 0 Å². The molecule has 0 aromatic carbocycles. The topological polar surface area (TPSA) is 17.1 Å². The third-order valence-electron chi connectivity index (χ3n) is 3.53. The van der Waals surface area contributed by atoms with Crippen LogP contribution in [0, 0.1) is 0 Å². The second-order valence-electron chi connectivity index (χ2n) is 5.92. The van der Waals surface area contributed by atoms with Gasteiger partial charge < -0.3 is 0 Å². The summed E-state index contributed by atoms with van der Waals surface area (Å²) in [7, 11) is 0. The van der Waals surface area contributed by atoms with Gasteiger partial charge in [0.1, 0.15) is 0 Å². The van der Waals surface area contributed by atoms with Crippen LogP contribution in [0.25, 0.3) is 0 Å². The van der Waals surface area contributed by atoms with Gasteiger partial charge in [0.05, 0.1) is 0 Å². The highest BCUT2D eigenvalue weighted by atomic mass is 35.5. The molecule has 0 spiro atoms. The van der Waals surface area contributed by atoms with Gasteiger partial charge in [-0.3, -0.25) is 4.79 Å². The van der Waals surface area contributed by atoms with Crippen molar-refractivity contribution in [2.24, 2.45) is 0 Å². The van der Waals surface area contributed by atoms with Crippen molar-refractivity contribution in [1.82, 2.24) is 0 Å². The molecular formula is C14H14ClF15O. The van der Waals surface area contributed by atoms with Crippen LogP contribution in [-0.2, 0) is 4.79 Å². The van der Waals surface area contributed by atoms with Crippen LogP contribution in [0.3, 0.4) is 0 Å². The molecule has 1 nitrogen and oxygen atoms in total. The van der Waals surface area contributed by atoms with Crippen molar-refractivity contribution < 1.29 is 70.7 Å². The van der Waals surface area contributed by atoms with E-state index in [-0.39, 0.29) is 0 Å². The van der Waals surface area contributed by atoms with Gasteiger partial charge in [-0.25, -0.2) is 0 Å². The minimum Gasteiger partial charge on any atom is -0.274 e. The van der Waals surface area contributed by atoms with Gasteiger partial charge in [0.25, 0.3) is 5.24 Å². The lowest BCUT2D eigenvalue weighted by molar-refractivity contribution is -0.449. The smallest absolute Gasteiger partial charge is 0.274 e. The largest absolute Gasteiger partial charge is 0.460 e. The standard InChI is InChI=1S/C8ClF15O.C6H14/c9-1(25)2(10,11)3(12,13)4(14,15)5(16,17)6(18,19)7(20,21)8(22,23)24;1-3-5-6-4-2/h;3-6H2,1-2H3. The summed E-state index contributed by atoms with van der Waals surface area (Å²) in [4.78, 5) is 9.93. The number of hydrogen-bond donors (Lipinski definition) is 0. The molecule has 0 aromatic heterocycles. The predicted octanol–water partition coefficient (Wildman–Crippen LogP) is 7.71. The minimum atomic E-state index is -8.42. The number of carbonyl (C=O) groups excluding carboxylic acids is 1. The van der Waals surface area contributed by atoms with Crippen molar-refractivity contribution in [2.75, 3.05) is 0 Å². The maximum absolute atomic E-state index is 12.9. The summed E-state index contributed by atoms with van der Waals surface area (Å²) in [5, 5.41) is -3.81. The van der Waals surface area contributed by atoms with E-state index in [1.807, 2.05) is 0 Å². The Hall–Kier alpha value is -1.09. The van der Waals surface area contributed by atoms with Gasteiger partial charge in [-0.1, -0.05) is 39.5 Å². The molecule has 0 rings (SSSR count). The Labute approximate surface area is 169 Å². The Kier molecular flexibility index (Phi) is 10.2. The molecule has 0 N–H and O–H groups in total. The van der Waals surface area contributed by atoms with Gasteiger partial charge in [-0.05, 0) is 11.6 Å². The third kappa shape index (κ3) is 5.46. The van der Waals surface area contributed by atoms with Gasteiger partial charge in [0.15, 0.2) is 0 Å². The summed E-state index contributed by atoms with van der Waals surface area (Å²) in [6.07, 6.45) is -2.13. The number of unbranched alkanes of at least 4 members (excludes halogenated alkanes) is 3. The van der Waals surface area contributed by atoms with Crippen LogP contribution in [0.15, 0.2) is 0 Å². The molecular weight excluding hydrogens is 505 g/mol. The fourth-order valence-corrected chi connectivity index (χ4v) is 1.71.